The quantitative estimate of drug-likeness (QED) is 0.617. The molecule has 1 aliphatic heterocycles. The highest BCUT2D eigenvalue weighted by Crippen LogP contribution is 2.30. The van der Waals surface area contributed by atoms with Crippen LogP contribution in [0, 0.1) is 10.1 Å². The Bertz CT molecular complexity index is 571. The molecule has 0 aliphatic carbocycles. The van der Waals surface area contributed by atoms with Crippen LogP contribution in [0.15, 0.2) is 18.2 Å². The van der Waals surface area contributed by atoms with Crippen molar-refractivity contribution in [2.45, 2.75) is 25.3 Å². The highest BCUT2D eigenvalue weighted by Gasteiger charge is 2.27. The Morgan fingerprint density at radius 2 is 2.26 bits per heavy atom. The monoisotopic (exact) mass is 363 g/mol. The number of amides is 1. The first-order valence-corrected chi connectivity index (χ1v) is 7.47. The molecule has 9 heteroatoms. The molecule has 1 atom stereocenters. The maximum absolute atomic E-state index is 12.1. The van der Waals surface area contributed by atoms with Crippen LogP contribution in [0.1, 0.15) is 19.3 Å². The van der Waals surface area contributed by atoms with Crippen molar-refractivity contribution >= 4 is 35.6 Å². The molecule has 1 aliphatic rings. The van der Waals surface area contributed by atoms with Crippen molar-refractivity contribution in [1.82, 2.24) is 4.90 Å². The van der Waals surface area contributed by atoms with E-state index < -0.39 is 4.92 Å². The molecule has 7 nitrogen and oxygen atoms in total. The summed E-state index contributed by atoms with van der Waals surface area (Å²) in [5.41, 5.74) is 5.43. The lowest BCUT2D eigenvalue weighted by Crippen LogP contribution is -2.40. The van der Waals surface area contributed by atoms with Gasteiger partial charge in [0.05, 0.1) is 18.0 Å². The van der Waals surface area contributed by atoms with Gasteiger partial charge in [0, 0.05) is 30.2 Å². The summed E-state index contributed by atoms with van der Waals surface area (Å²) in [4.78, 5) is 24.3. The van der Waals surface area contributed by atoms with Gasteiger partial charge < -0.3 is 15.4 Å². The zero-order valence-electron chi connectivity index (χ0n) is 12.4. The second-order valence-corrected chi connectivity index (χ2v) is 5.52. The number of hydrogen-bond acceptors (Lipinski definition) is 5. The third-order valence-electron chi connectivity index (χ3n) is 3.66. The van der Waals surface area contributed by atoms with Gasteiger partial charge in [-0.2, -0.15) is 0 Å². The van der Waals surface area contributed by atoms with Crippen molar-refractivity contribution in [2.75, 3.05) is 19.7 Å². The minimum Gasteiger partial charge on any atom is -0.486 e. The molecule has 1 aromatic carbocycles. The minimum atomic E-state index is -0.562. The Labute approximate surface area is 145 Å². The lowest BCUT2D eigenvalue weighted by molar-refractivity contribution is -0.385. The Kier molecular flexibility index (Phi) is 7.54. The van der Waals surface area contributed by atoms with Gasteiger partial charge in [-0.25, -0.2) is 0 Å². The van der Waals surface area contributed by atoms with Crippen LogP contribution in [0.2, 0.25) is 5.02 Å². The van der Waals surface area contributed by atoms with E-state index in [9.17, 15) is 14.9 Å². The molecular formula is C14H19Cl2N3O4. The summed E-state index contributed by atoms with van der Waals surface area (Å²) in [6.45, 7) is 1.24. The van der Waals surface area contributed by atoms with Crippen molar-refractivity contribution in [1.29, 1.82) is 0 Å². The number of benzene rings is 1. The molecule has 1 amide bonds. The molecule has 0 saturated carbocycles. The van der Waals surface area contributed by atoms with Gasteiger partial charge in [0.25, 0.3) is 0 Å². The van der Waals surface area contributed by atoms with E-state index in [0.717, 1.165) is 12.8 Å². The smallest absolute Gasteiger partial charge is 0.312 e. The molecule has 128 valence electrons. The highest BCUT2D eigenvalue weighted by atomic mass is 35.5. The van der Waals surface area contributed by atoms with Gasteiger partial charge in [-0.15, -0.1) is 12.4 Å². The molecule has 1 unspecified atom stereocenters. The number of nitrogens with zero attached hydrogens (tertiary/aromatic N) is 2. The second kappa shape index (κ2) is 8.90. The number of ether oxygens (including phenoxy) is 1. The van der Waals surface area contributed by atoms with Crippen LogP contribution in [0.3, 0.4) is 0 Å². The maximum atomic E-state index is 12.1. The number of likely N-dealkylation sites (tertiary alicyclic amines) is 1. The molecule has 2 rings (SSSR count). The number of nitro groups is 1. The summed E-state index contributed by atoms with van der Waals surface area (Å²) in [5.74, 6) is 0.0727. The third kappa shape index (κ3) is 4.95. The molecular weight excluding hydrogens is 345 g/mol. The lowest BCUT2D eigenvalue weighted by atomic mass is 10.2. The summed E-state index contributed by atoms with van der Waals surface area (Å²) in [6.07, 6.45) is 2.04. The predicted molar refractivity (Wildman–Crippen MR) is 89.3 cm³/mol. The van der Waals surface area contributed by atoms with E-state index in [1.807, 2.05) is 0 Å². The van der Waals surface area contributed by atoms with E-state index in [0.29, 0.717) is 13.1 Å². The summed E-state index contributed by atoms with van der Waals surface area (Å²) in [6, 6.07) is 4.27. The first kappa shape index (κ1) is 19.5. The highest BCUT2D eigenvalue weighted by molar-refractivity contribution is 6.30. The number of nitrogens with two attached hydrogens (primary N) is 1. The SMILES string of the molecule is Cl.NCC1CCCN1C(=O)CCOc1ccc(Cl)cc1[N+](=O)[O-]. The van der Waals surface area contributed by atoms with Crippen molar-refractivity contribution in [3.8, 4) is 5.75 Å². The summed E-state index contributed by atoms with van der Waals surface area (Å²) in [7, 11) is 0. The fourth-order valence-electron chi connectivity index (χ4n) is 2.56. The first-order valence-electron chi connectivity index (χ1n) is 7.09. The number of halogens is 2. The zero-order valence-corrected chi connectivity index (χ0v) is 14.0. The molecule has 0 spiro atoms. The lowest BCUT2D eigenvalue weighted by Gasteiger charge is -2.23. The largest absolute Gasteiger partial charge is 0.486 e. The molecule has 1 heterocycles. The Morgan fingerprint density at radius 1 is 1.52 bits per heavy atom. The normalized spacial score (nSPS) is 16.8. The fraction of sp³-hybridized carbons (Fsp3) is 0.500. The molecule has 1 saturated heterocycles. The van der Waals surface area contributed by atoms with Crippen molar-refractivity contribution in [3.63, 3.8) is 0 Å². The molecule has 2 N–H and O–H groups in total. The summed E-state index contributed by atoms with van der Waals surface area (Å²) >= 11 is 5.73. The molecule has 0 radical (unpaired) electrons. The van der Waals surface area contributed by atoms with Crippen LogP contribution in [0.5, 0.6) is 5.75 Å². The van der Waals surface area contributed by atoms with Crippen molar-refractivity contribution < 1.29 is 14.5 Å². The van der Waals surface area contributed by atoms with E-state index in [1.165, 1.54) is 18.2 Å². The molecule has 0 aromatic heterocycles. The van der Waals surface area contributed by atoms with Gasteiger partial charge in [0.2, 0.25) is 5.91 Å². The van der Waals surface area contributed by atoms with E-state index in [4.69, 9.17) is 22.1 Å². The number of hydrogen-bond donors (Lipinski definition) is 1. The van der Waals surface area contributed by atoms with E-state index in [2.05, 4.69) is 0 Å². The van der Waals surface area contributed by atoms with Crippen LogP contribution >= 0.6 is 24.0 Å². The molecule has 0 bridgehead atoms. The minimum absolute atomic E-state index is 0. The zero-order chi connectivity index (χ0) is 16.1. The standard InChI is InChI=1S/C14H18ClN3O4.ClH/c15-10-3-4-13(12(8-10)18(20)21)22-7-5-14(19)17-6-1-2-11(17)9-16;/h3-4,8,11H,1-2,5-7,9,16H2;1H. The Balaban J connectivity index is 0.00000264. The average Bonchev–Trinajstić information content (AvgIpc) is 2.97. The molecule has 1 fully saturated rings. The second-order valence-electron chi connectivity index (χ2n) is 5.09. The number of nitro benzene ring substituents is 1. The maximum Gasteiger partial charge on any atom is 0.312 e. The van der Waals surface area contributed by atoms with Crippen LogP contribution in [0.25, 0.3) is 0 Å². The van der Waals surface area contributed by atoms with Gasteiger partial charge in [-0.3, -0.25) is 14.9 Å². The van der Waals surface area contributed by atoms with Crippen LogP contribution in [-0.2, 0) is 4.79 Å². The molecule has 23 heavy (non-hydrogen) atoms. The average molecular weight is 364 g/mol. The summed E-state index contributed by atoms with van der Waals surface area (Å²) in [5, 5.41) is 11.2. The van der Waals surface area contributed by atoms with Gasteiger partial charge in [0.1, 0.15) is 0 Å². The Morgan fingerprint density at radius 3 is 2.91 bits per heavy atom. The predicted octanol–water partition coefficient (Wildman–Crippen LogP) is 2.39. The molecule has 1 aromatic rings. The van der Waals surface area contributed by atoms with Gasteiger partial charge in [-0.05, 0) is 25.0 Å². The van der Waals surface area contributed by atoms with Gasteiger partial charge in [0.15, 0.2) is 5.75 Å². The Hall–Kier alpha value is -1.57. The van der Waals surface area contributed by atoms with Gasteiger partial charge >= 0.3 is 5.69 Å². The van der Waals surface area contributed by atoms with Crippen LogP contribution < -0.4 is 10.5 Å². The third-order valence-corrected chi connectivity index (χ3v) is 3.90. The van der Waals surface area contributed by atoms with Crippen molar-refractivity contribution in [3.05, 3.63) is 33.3 Å². The van der Waals surface area contributed by atoms with Crippen LogP contribution in [-0.4, -0.2) is 41.5 Å². The summed E-state index contributed by atoms with van der Waals surface area (Å²) < 4.78 is 5.37. The van der Waals surface area contributed by atoms with E-state index in [-0.39, 0.29) is 53.8 Å². The number of carbonyl (C=O) groups is 1. The van der Waals surface area contributed by atoms with E-state index in [1.54, 1.807) is 4.90 Å². The first-order chi connectivity index (χ1) is 10.5. The topological polar surface area (TPSA) is 98.7 Å². The van der Waals surface area contributed by atoms with E-state index >= 15 is 0 Å². The fourth-order valence-corrected chi connectivity index (χ4v) is 2.72. The van der Waals surface area contributed by atoms with Crippen molar-refractivity contribution in [2.24, 2.45) is 5.73 Å². The number of carbonyl (C=O) groups excluding carboxylic acids is 1. The number of rotatable bonds is 6. The van der Waals surface area contributed by atoms with Gasteiger partial charge in [-0.1, -0.05) is 11.6 Å². The van der Waals surface area contributed by atoms with Crippen LogP contribution in [0.4, 0.5) is 5.69 Å².